The molecule has 3 heterocycles. The summed E-state index contributed by atoms with van der Waals surface area (Å²) in [6.07, 6.45) is -4.77. The Hall–Kier alpha value is -3.96. The van der Waals surface area contributed by atoms with Crippen molar-refractivity contribution in [1.82, 2.24) is 24.8 Å². The Labute approximate surface area is 196 Å². The first kappa shape index (κ1) is 22.8. The average Bonchev–Trinajstić information content (AvgIpc) is 3.43. The number of anilines is 1. The van der Waals surface area contributed by atoms with Crippen molar-refractivity contribution in [2.24, 2.45) is 7.05 Å². The normalized spacial score (nSPS) is 14.7. The Morgan fingerprint density at radius 1 is 1.06 bits per heavy atom. The van der Waals surface area contributed by atoms with Gasteiger partial charge in [-0.15, -0.1) is 0 Å². The summed E-state index contributed by atoms with van der Waals surface area (Å²) in [5, 5.41) is 9.47. The standard InChI is InChI=1S/C23H20F4N6O2/c1-13-16-5-3-14(11-19(16)31(2)29-13)20-28-22(35-30-20)33-9-7-32(8-10-33)21(34)17-12-15(24)4-6-18(17)23(25,26)27/h3-6,11-12H,7-10H2,1-2H3. The molecule has 1 aliphatic rings. The van der Waals surface area contributed by atoms with Crippen molar-refractivity contribution in [3.63, 3.8) is 0 Å². The van der Waals surface area contributed by atoms with Gasteiger partial charge in [0.25, 0.3) is 5.91 Å². The van der Waals surface area contributed by atoms with Crippen molar-refractivity contribution in [3.05, 3.63) is 59.0 Å². The summed E-state index contributed by atoms with van der Waals surface area (Å²) in [7, 11) is 1.85. The zero-order chi connectivity index (χ0) is 24.9. The van der Waals surface area contributed by atoms with Crippen LogP contribution in [0.4, 0.5) is 23.6 Å². The topological polar surface area (TPSA) is 80.3 Å². The number of aryl methyl sites for hydroxylation is 2. The number of halogens is 4. The van der Waals surface area contributed by atoms with E-state index in [9.17, 15) is 22.4 Å². The van der Waals surface area contributed by atoms with Gasteiger partial charge in [-0.05, 0) is 31.2 Å². The number of benzene rings is 2. The fraction of sp³-hybridized carbons (Fsp3) is 0.304. The van der Waals surface area contributed by atoms with E-state index in [1.165, 1.54) is 4.90 Å². The summed E-state index contributed by atoms with van der Waals surface area (Å²) in [6.45, 7) is 2.69. The van der Waals surface area contributed by atoms with Crippen molar-refractivity contribution < 1.29 is 26.9 Å². The molecule has 1 amide bonds. The molecule has 4 aromatic rings. The van der Waals surface area contributed by atoms with Gasteiger partial charge in [0.05, 0.1) is 22.3 Å². The van der Waals surface area contributed by atoms with Crippen LogP contribution in [0.25, 0.3) is 22.3 Å². The van der Waals surface area contributed by atoms with E-state index < -0.39 is 29.0 Å². The molecule has 0 spiro atoms. The lowest BCUT2D eigenvalue weighted by Crippen LogP contribution is -2.49. The molecule has 12 heteroatoms. The highest BCUT2D eigenvalue weighted by atomic mass is 19.4. The van der Waals surface area contributed by atoms with Crippen LogP contribution in [-0.2, 0) is 13.2 Å². The van der Waals surface area contributed by atoms with Crippen molar-refractivity contribution in [2.45, 2.75) is 13.1 Å². The zero-order valence-electron chi connectivity index (χ0n) is 18.8. The largest absolute Gasteiger partial charge is 0.417 e. The number of alkyl halides is 3. The first-order valence-corrected chi connectivity index (χ1v) is 10.8. The van der Waals surface area contributed by atoms with Gasteiger partial charge in [0.2, 0.25) is 5.82 Å². The van der Waals surface area contributed by atoms with Crippen LogP contribution in [0, 0.1) is 12.7 Å². The summed E-state index contributed by atoms with van der Waals surface area (Å²) in [5.41, 5.74) is 0.722. The van der Waals surface area contributed by atoms with Gasteiger partial charge >= 0.3 is 12.2 Å². The third-order valence-electron chi connectivity index (χ3n) is 6.06. The SMILES string of the molecule is Cc1nn(C)c2cc(-c3noc(N4CCN(C(=O)c5cc(F)ccc5C(F)(F)F)CC4)n3)ccc12. The molecule has 0 aliphatic carbocycles. The Balaban J connectivity index is 1.30. The maximum absolute atomic E-state index is 13.6. The van der Waals surface area contributed by atoms with Gasteiger partial charge in [-0.25, -0.2) is 4.39 Å². The predicted molar refractivity (Wildman–Crippen MR) is 118 cm³/mol. The monoisotopic (exact) mass is 488 g/mol. The number of nitrogens with zero attached hydrogens (tertiary/aromatic N) is 6. The molecule has 2 aromatic heterocycles. The van der Waals surface area contributed by atoms with Crippen LogP contribution < -0.4 is 4.90 Å². The summed E-state index contributed by atoms with van der Waals surface area (Å²) < 4.78 is 60.7. The van der Waals surface area contributed by atoms with Crippen LogP contribution in [0.5, 0.6) is 0 Å². The van der Waals surface area contributed by atoms with Crippen molar-refractivity contribution in [3.8, 4) is 11.4 Å². The molecule has 0 bridgehead atoms. The van der Waals surface area contributed by atoms with Gasteiger partial charge in [0.15, 0.2) is 0 Å². The smallest absolute Gasteiger partial charge is 0.335 e. The summed E-state index contributed by atoms with van der Waals surface area (Å²) in [6, 6.07) is 7.88. The molecule has 0 radical (unpaired) electrons. The zero-order valence-corrected chi connectivity index (χ0v) is 18.8. The number of rotatable bonds is 3. The molecule has 1 saturated heterocycles. The van der Waals surface area contributed by atoms with E-state index >= 15 is 0 Å². The van der Waals surface area contributed by atoms with E-state index in [0.717, 1.165) is 22.2 Å². The maximum atomic E-state index is 13.6. The number of aromatic nitrogens is 4. The highest BCUT2D eigenvalue weighted by Crippen LogP contribution is 2.33. The molecule has 0 atom stereocenters. The van der Waals surface area contributed by atoms with Crippen LogP contribution in [0.3, 0.4) is 0 Å². The number of hydrogen-bond donors (Lipinski definition) is 0. The maximum Gasteiger partial charge on any atom is 0.417 e. The fourth-order valence-corrected chi connectivity index (χ4v) is 4.25. The highest BCUT2D eigenvalue weighted by Gasteiger charge is 2.37. The second kappa shape index (κ2) is 8.36. The van der Waals surface area contributed by atoms with E-state index in [1.54, 1.807) is 9.58 Å². The molecule has 0 saturated carbocycles. The van der Waals surface area contributed by atoms with Crippen molar-refractivity contribution in [2.75, 3.05) is 31.1 Å². The predicted octanol–water partition coefficient (Wildman–Crippen LogP) is 4.05. The second-order valence-corrected chi connectivity index (χ2v) is 8.31. The lowest BCUT2D eigenvalue weighted by atomic mass is 10.0. The summed E-state index contributed by atoms with van der Waals surface area (Å²) >= 11 is 0. The molecule has 5 rings (SSSR count). The van der Waals surface area contributed by atoms with E-state index in [1.807, 2.05) is 32.2 Å². The highest BCUT2D eigenvalue weighted by molar-refractivity contribution is 5.96. The minimum atomic E-state index is -4.77. The first-order valence-electron chi connectivity index (χ1n) is 10.8. The minimum Gasteiger partial charge on any atom is -0.335 e. The third-order valence-corrected chi connectivity index (χ3v) is 6.06. The summed E-state index contributed by atoms with van der Waals surface area (Å²) in [5.74, 6) is -1.39. The van der Waals surface area contributed by atoms with Crippen LogP contribution in [0.15, 0.2) is 40.9 Å². The van der Waals surface area contributed by atoms with Gasteiger partial charge in [0.1, 0.15) is 5.82 Å². The molecule has 0 unspecified atom stereocenters. The van der Waals surface area contributed by atoms with Gasteiger partial charge in [0, 0.05) is 44.2 Å². The van der Waals surface area contributed by atoms with E-state index in [4.69, 9.17) is 4.52 Å². The molecule has 2 aromatic carbocycles. The first-order chi connectivity index (χ1) is 16.6. The van der Waals surface area contributed by atoms with Gasteiger partial charge in [-0.2, -0.15) is 23.3 Å². The number of fused-ring (bicyclic) bond motifs is 1. The Kier molecular flexibility index (Phi) is 5.45. The van der Waals surface area contributed by atoms with Crippen LogP contribution in [0.1, 0.15) is 21.6 Å². The van der Waals surface area contributed by atoms with Crippen LogP contribution in [-0.4, -0.2) is 56.9 Å². The Bertz CT molecular complexity index is 1420. The number of amides is 1. The fourth-order valence-electron chi connectivity index (χ4n) is 4.25. The molecule has 1 aliphatic heterocycles. The number of hydrogen-bond acceptors (Lipinski definition) is 6. The average molecular weight is 488 g/mol. The number of piperazine rings is 1. The molecule has 1 fully saturated rings. The van der Waals surface area contributed by atoms with Gasteiger partial charge in [-0.3, -0.25) is 9.48 Å². The Morgan fingerprint density at radius 2 is 1.80 bits per heavy atom. The van der Waals surface area contributed by atoms with E-state index in [0.29, 0.717) is 24.0 Å². The van der Waals surface area contributed by atoms with E-state index in [2.05, 4.69) is 15.2 Å². The molecular formula is C23H20F4N6O2. The molecule has 35 heavy (non-hydrogen) atoms. The summed E-state index contributed by atoms with van der Waals surface area (Å²) in [4.78, 5) is 20.2. The van der Waals surface area contributed by atoms with Crippen LogP contribution in [0.2, 0.25) is 0 Å². The number of carbonyl (C=O) groups excluding carboxylic acids is 1. The lowest BCUT2D eigenvalue weighted by Gasteiger charge is -2.34. The van der Waals surface area contributed by atoms with E-state index in [-0.39, 0.29) is 32.2 Å². The number of carbonyl (C=O) groups is 1. The van der Waals surface area contributed by atoms with Gasteiger partial charge < -0.3 is 14.3 Å². The van der Waals surface area contributed by atoms with Crippen LogP contribution >= 0.6 is 0 Å². The van der Waals surface area contributed by atoms with Gasteiger partial charge in [-0.1, -0.05) is 17.3 Å². The molecule has 8 nitrogen and oxygen atoms in total. The molecular weight excluding hydrogens is 468 g/mol. The van der Waals surface area contributed by atoms with Crippen molar-refractivity contribution >= 4 is 22.8 Å². The minimum absolute atomic E-state index is 0.116. The van der Waals surface area contributed by atoms with Crippen molar-refractivity contribution in [1.29, 1.82) is 0 Å². The second-order valence-electron chi connectivity index (χ2n) is 8.31. The quantitative estimate of drug-likeness (QED) is 0.405. The third kappa shape index (κ3) is 4.19. The lowest BCUT2D eigenvalue weighted by molar-refractivity contribution is -0.138. The molecule has 182 valence electrons. The Morgan fingerprint density at radius 3 is 2.51 bits per heavy atom. The molecule has 0 N–H and O–H groups in total.